The Labute approximate surface area is 139 Å². The minimum absolute atomic E-state index is 0.247. The van der Waals surface area contributed by atoms with Gasteiger partial charge in [0.1, 0.15) is 0 Å². The lowest BCUT2D eigenvalue weighted by molar-refractivity contribution is -0.140. The maximum atomic E-state index is 12.0. The van der Waals surface area contributed by atoms with Crippen LogP contribution in [0.5, 0.6) is 11.5 Å². The fraction of sp³-hybridized carbons (Fsp3) is 0.579. The van der Waals surface area contributed by atoms with Crippen LogP contribution < -0.4 is 9.47 Å². The van der Waals surface area contributed by atoms with Crippen LogP contribution in [0.25, 0.3) is 0 Å². The summed E-state index contributed by atoms with van der Waals surface area (Å²) in [6.45, 7) is 11.4. The van der Waals surface area contributed by atoms with Crippen LogP contribution in [0.2, 0.25) is 0 Å². The van der Waals surface area contributed by atoms with Gasteiger partial charge in [-0.3, -0.25) is 9.59 Å². The average Bonchev–Trinajstić information content (AvgIpc) is 2.46. The standard InChI is InChI=1S/C19H28O4/c1-12(2)10-11-15-8-7-9-16(22-18(20)13(3)4)17(15)23-19(21)14(5)6/h7-9,12-14H,10-11H2,1-6H3. The third-order valence-corrected chi connectivity index (χ3v) is 3.41. The third-order valence-electron chi connectivity index (χ3n) is 3.41. The van der Waals surface area contributed by atoms with E-state index in [1.54, 1.807) is 33.8 Å². The van der Waals surface area contributed by atoms with Crippen LogP contribution in [0.1, 0.15) is 53.5 Å². The second kappa shape index (κ2) is 8.70. The number of benzene rings is 1. The molecule has 0 saturated carbocycles. The normalized spacial score (nSPS) is 11.2. The molecule has 0 aliphatic carbocycles. The number of ether oxygens (including phenoxy) is 2. The van der Waals surface area contributed by atoms with Crippen molar-refractivity contribution < 1.29 is 19.1 Å². The van der Waals surface area contributed by atoms with E-state index in [-0.39, 0.29) is 23.8 Å². The molecule has 1 rings (SSSR count). The summed E-state index contributed by atoms with van der Waals surface area (Å²) < 4.78 is 11.0. The van der Waals surface area contributed by atoms with E-state index in [0.29, 0.717) is 17.4 Å². The van der Waals surface area contributed by atoms with Gasteiger partial charge in [0.25, 0.3) is 0 Å². The van der Waals surface area contributed by atoms with Crippen LogP contribution in [0.15, 0.2) is 18.2 Å². The molecule has 0 aliphatic heterocycles. The van der Waals surface area contributed by atoms with Gasteiger partial charge in [-0.2, -0.15) is 0 Å². The van der Waals surface area contributed by atoms with E-state index >= 15 is 0 Å². The maximum absolute atomic E-state index is 12.0. The van der Waals surface area contributed by atoms with Gasteiger partial charge in [0, 0.05) is 0 Å². The van der Waals surface area contributed by atoms with E-state index in [1.165, 1.54) is 0 Å². The second-order valence-electron chi connectivity index (χ2n) is 6.83. The van der Waals surface area contributed by atoms with Crippen molar-refractivity contribution in [3.8, 4) is 11.5 Å². The lowest BCUT2D eigenvalue weighted by atomic mass is 10.0. The molecule has 0 saturated heterocycles. The number of esters is 2. The number of hydrogen-bond donors (Lipinski definition) is 0. The molecule has 0 spiro atoms. The third kappa shape index (κ3) is 6.05. The van der Waals surface area contributed by atoms with E-state index in [1.807, 2.05) is 12.1 Å². The summed E-state index contributed by atoms with van der Waals surface area (Å²) in [5.74, 6) is 0.0619. The summed E-state index contributed by atoms with van der Waals surface area (Å²) in [5, 5.41) is 0. The van der Waals surface area contributed by atoms with Crippen molar-refractivity contribution >= 4 is 11.9 Å². The zero-order chi connectivity index (χ0) is 17.6. The zero-order valence-electron chi connectivity index (χ0n) is 15.0. The average molecular weight is 320 g/mol. The van der Waals surface area contributed by atoms with Gasteiger partial charge in [0.2, 0.25) is 0 Å². The second-order valence-corrected chi connectivity index (χ2v) is 6.83. The highest BCUT2D eigenvalue weighted by Gasteiger charge is 2.20. The lowest BCUT2D eigenvalue weighted by Gasteiger charge is -2.17. The Bertz CT molecular complexity index is 544. The van der Waals surface area contributed by atoms with E-state index < -0.39 is 0 Å². The Morgan fingerprint density at radius 3 is 2.00 bits per heavy atom. The molecule has 128 valence electrons. The molecule has 0 radical (unpaired) electrons. The molecule has 0 amide bonds. The molecule has 1 aromatic carbocycles. The minimum Gasteiger partial charge on any atom is -0.422 e. The summed E-state index contributed by atoms with van der Waals surface area (Å²) in [5.41, 5.74) is 0.891. The SMILES string of the molecule is CC(C)CCc1cccc(OC(=O)C(C)C)c1OC(=O)C(C)C. The number of rotatable bonds is 7. The van der Waals surface area contributed by atoms with Gasteiger partial charge >= 0.3 is 11.9 Å². The molecule has 0 atom stereocenters. The number of para-hydroxylation sites is 1. The van der Waals surface area contributed by atoms with Gasteiger partial charge in [-0.05, 0) is 30.4 Å². The Hall–Kier alpha value is -1.84. The number of carbonyl (C=O) groups is 2. The predicted molar refractivity (Wildman–Crippen MR) is 90.5 cm³/mol. The predicted octanol–water partition coefficient (Wildman–Crippen LogP) is 4.40. The molecule has 4 nitrogen and oxygen atoms in total. The summed E-state index contributed by atoms with van der Waals surface area (Å²) >= 11 is 0. The van der Waals surface area contributed by atoms with Gasteiger partial charge in [-0.25, -0.2) is 0 Å². The van der Waals surface area contributed by atoms with E-state index in [2.05, 4.69) is 13.8 Å². The number of hydrogen-bond acceptors (Lipinski definition) is 4. The fourth-order valence-corrected chi connectivity index (χ4v) is 1.84. The molecule has 23 heavy (non-hydrogen) atoms. The molecule has 4 heteroatoms. The van der Waals surface area contributed by atoms with Crippen LogP contribution in [-0.2, 0) is 16.0 Å². The molecule has 1 aromatic rings. The Morgan fingerprint density at radius 1 is 0.913 bits per heavy atom. The topological polar surface area (TPSA) is 52.6 Å². The van der Waals surface area contributed by atoms with Crippen LogP contribution in [0.3, 0.4) is 0 Å². The molecule has 0 heterocycles. The van der Waals surface area contributed by atoms with Crippen molar-refractivity contribution in [1.82, 2.24) is 0 Å². The van der Waals surface area contributed by atoms with Crippen molar-refractivity contribution in [3.63, 3.8) is 0 Å². The maximum Gasteiger partial charge on any atom is 0.313 e. The van der Waals surface area contributed by atoms with Crippen molar-refractivity contribution in [2.75, 3.05) is 0 Å². The highest BCUT2D eigenvalue weighted by atomic mass is 16.6. The fourth-order valence-electron chi connectivity index (χ4n) is 1.84. The first-order valence-electron chi connectivity index (χ1n) is 8.27. The Balaban J connectivity index is 3.13. The molecule has 0 unspecified atom stereocenters. The number of carbonyl (C=O) groups excluding carboxylic acids is 2. The Kier molecular flexibility index (Phi) is 7.27. The summed E-state index contributed by atoms with van der Waals surface area (Å²) in [6.07, 6.45) is 1.74. The highest BCUT2D eigenvalue weighted by Crippen LogP contribution is 2.34. The van der Waals surface area contributed by atoms with Crippen LogP contribution >= 0.6 is 0 Å². The van der Waals surface area contributed by atoms with Crippen LogP contribution in [0.4, 0.5) is 0 Å². The van der Waals surface area contributed by atoms with Crippen LogP contribution in [-0.4, -0.2) is 11.9 Å². The van der Waals surface area contributed by atoms with Gasteiger partial charge in [-0.1, -0.05) is 53.7 Å². The van der Waals surface area contributed by atoms with Crippen molar-refractivity contribution in [2.24, 2.45) is 17.8 Å². The Morgan fingerprint density at radius 2 is 1.48 bits per heavy atom. The van der Waals surface area contributed by atoms with Crippen molar-refractivity contribution in [2.45, 2.75) is 54.4 Å². The molecule has 0 N–H and O–H groups in total. The van der Waals surface area contributed by atoms with E-state index in [4.69, 9.17) is 9.47 Å². The highest BCUT2D eigenvalue weighted by molar-refractivity contribution is 5.78. The van der Waals surface area contributed by atoms with Gasteiger partial charge in [0.05, 0.1) is 11.8 Å². The summed E-state index contributed by atoms with van der Waals surface area (Å²) in [7, 11) is 0. The lowest BCUT2D eigenvalue weighted by Crippen LogP contribution is -2.19. The first kappa shape index (κ1) is 19.2. The molecule has 0 fully saturated rings. The smallest absolute Gasteiger partial charge is 0.313 e. The zero-order valence-corrected chi connectivity index (χ0v) is 15.0. The van der Waals surface area contributed by atoms with E-state index in [0.717, 1.165) is 18.4 Å². The van der Waals surface area contributed by atoms with E-state index in [9.17, 15) is 9.59 Å². The first-order chi connectivity index (χ1) is 10.7. The largest absolute Gasteiger partial charge is 0.422 e. The van der Waals surface area contributed by atoms with Crippen molar-refractivity contribution in [1.29, 1.82) is 0 Å². The van der Waals surface area contributed by atoms with Gasteiger partial charge in [-0.15, -0.1) is 0 Å². The summed E-state index contributed by atoms with van der Waals surface area (Å²) in [4.78, 5) is 23.9. The van der Waals surface area contributed by atoms with Gasteiger partial charge < -0.3 is 9.47 Å². The first-order valence-corrected chi connectivity index (χ1v) is 8.27. The van der Waals surface area contributed by atoms with Crippen molar-refractivity contribution in [3.05, 3.63) is 23.8 Å². The molecule has 0 aromatic heterocycles. The quantitative estimate of drug-likeness (QED) is 0.552. The van der Waals surface area contributed by atoms with Crippen LogP contribution in [0, 0.1) is 17.8 Å². The minimum atomic E-state index is -0.340. The molecule has 0 aliphatic rings. The number of aryl methyl sites for hydroxylation is 1. The monoisotopic (exact) mass is 320 g/mol. The van der Waals surface area contributed by atoms with Gasteiger partial charge in [0.15, 0.2) is 11.5 Å². The molecular weight excluding hydrogens is 292 g/mol. The summed E-state index contributed by atoms with van der Waals surface area (Å²) in [6, 6.07) is 5.41. The molecular formula is C19H28O4. The molecule has 0 bridgehead atoms.